The van der Waals surface area contributed by atoms with Crippen molar-refractivity contribution in [1.82, 2.24) is 9.78 Å². The lowest BCUT2D eigenvalue weighted by atomic mass is 9.99. The van der Waals surface area contributed by atoms with Crippen LogP contribution in [0.2, 0.25) is 0 Å². The minimum absolute atomic E-state index is 0.190. The van der Waals surface area contributed by atoms with Crippen LogP contribution < -0.4 is 5.73 Å². The smallest absolute Gasteiger partial charge is 0.0624 e. The molecular weight excluding hydrogens is 246 g/mol. The van der Waals surface area contributed by atoms with Gasteiger partial charge in [-0.2, -0.15) is 5.10 Å². The Morgan fingerprint density at radius 2 is 2.05 bits per heavy atom. The fourth-order valence-electron chi connectivity index (χ4n) is 2.54. The fourth-order valence-corrected chi connectivity index (χ4v) is 2.54. The van der Waals surface area contributed by atoms with Crippen molar-refractivity contribution >= 4 is 0 Å². The maximum absolute atomic E-state index is 6.28. The summed E-state index contributed by atoms with van der Waals surface area (Å²) in [4.78, 5) is 0. The van der Waals surface area contributed by atoms with Crippen LogP contribution in [0.25, 0.3) is 0 Å². The van der Waals surface area contributed by atoms with E-state index in [-0.39, 0.29) is 6.04 Å². The van der Waals surface area contributed by atoms with Gasteiger partial charge in [0, 0.05) is 25.2 Å². The van der Waals surface area contributed by atoms with Crippen LogP contribution in [0.4, 0.5) is 0 Å². The Balaban J connectivity index is 1.91. The molecule has 0 aliphatic carbocycles. The molecule has 0 bridgehead atoms. The molecule has 20 heavy (non-hydrogen) atoms. The largest absolute Gasteiger partial charge is 0.327 e. The van der Waals surface area contributed by atoms with Crippen molar-refractivity contribution in [2.45, 2.75) is 45.6 Å². The number of aryl methyl sites for hydroxylation is 4. The van der Waals surface area contributed by atoms with E-state index in [1.165, 1.54) is 16.8 Å². The van der Waals surface area contributed by atoms with Gasteiger partial charge in [0.15, 0.2) is 0 Å². The van der Waals surface area contributed by atoms with E-state index in [1.807, 2.05) is 11.7 Å². The first kappa shape index (κ1) is 14.8. The predicted molar refractivity (Wildman–Crippen MR) is 83.8 cm³/mol. The third-order valence-electron chi connectivity index (χ3n) is 3.91. The SMILES string of the molecule is CCc1cc(CC(N)CCc2ccccc2C)n(C)n1. The van der Waals surface area contributed by atoms with Crippen molar-refractivity contribution in [1.29, 1.82) is 0 Å². The van der Waals surface area contributed by atoms with Crippen molar-refractivity contribution in [3.8, 4) is 0 Å². The van der Waals surface area contributed by atoms with E-state index in [1.54, 1.807) is 0 Å². The average Bonchev–Trinajstić information content (AvgIpc) is 2.78. The maximum Gasteiger partial charge on any atom is 0.0624 e. The molecule has 3 nitrogen and oxygen atoms in total. The van der Waals surface area contributed by atoms with E-state index in [2.05, 4.69) is 49.3 Å². The summed E-state index contributed by atoms with van der Waals surface area (Å²) in [7, 11) is 2.00. The maximum atomic E-state index is 6.28. The van der Waals surface area contributed by atoms with Crippen LogP contribution >= 0.6 is 0 Å². The van der Waals surface area contributed by atoms with Gasteiger partial charge in [0.2, 0.25) is 0 Å². The fraction of sp³-hybridized carbons (Fsp3) is 0.471. The minimum Gasteiger partial charge on any atom is -0.327 e. The monoisotopic (exact) mass is 271 g/mol. The number of rotatable bonds is 6. The molecule has 0 aliphatic heterocycles. The molecular formula is C17H25N3. The third kappa shape index (κ3) is 3.70. The van der Waals surface area contributed by atoms with E-state index in [0.717, 1.165) is 31.4 Å². The van der Waals surface area contributed by atoms with Gasteiger partial charge < -0.3 is 5.73 Å². The molecule has 2 aromatic rings. The second-order valence-electron chi connectivity index (χ2n) is 5.53. The highest BCUT2D eigenvalue weighted by Gasteiger charge is 2.10. The molecule has 0 fully saturated rings. The molecule has 1 aromatic heterocycles. The van der Waals surface area contributed by atoms with E-state index >= 15 is 0 Å². The van der Waals surface area contributed by atoms with Crippen LogP contribution in [-0.4, -0.2) is 15.8 Å². The van der Waals surface area contributed by atoms with Crippen molar-refractivity contribution in [2.24, 2.45) is 12.8 Å². The number of nitrogens with zero attached hydrogens (tertiary/aromatic N) is 2. The van der Waals surface area contributed by atoms with Gasteiger partial charge in [-0.25, -0.2) is 0 Å². The molecule has 1 unspecified atom stereocenters. The Morgan fingerprint density at radius 3 is 2.70 bits per heavy atom. The molecule has 0 aliphatic rings. The average molecular weight is 271 g/mol. The van der Waals surface area contributed by atoms with Gasteiger partial charge in [0.25, 0.3) is 0 Å². The van der Waals surface area contributed by atoms with Gasteiger partial charge in [-0.3, -0.25) is 4.68 Å². The van der Waals surface area contributed by atoms with E-state index in [4.69, 9.17) is 5.73 Å². The number of benzene rings is 1. The van der Waals surface area contributed by atoms with Gasteiger partial charge in [-0.15, -0.1) is 0 Å². The lowest BCUT2D eigenvalue weighted by Gasteiger charge is -2.12. The highest BCUT2D eigenvalue weighted by molar-refractivity contribution is 5.25. The Hall–Kier alpha value is -1.61. The summed E-state index contributed by atoms with van der Waals surface area (Å²) in [6.45, 7) is 4.29. The number of hydrogen-bond acceptors (Lipinski definition) is 2. The highest BCUT2D eigenvalue weighted by Crippen LogP contribution is 2.13. The van der Waals surface area contributed by atoms with Crippen LogP contribution in [0.15, 0.2) is 30.3 Å². The Bertz CT molecular complexity index is 557. The summed E-state index contributed by atoms with van der Waals surface area (Å²) < 4.78 is 1.96. The zero-order chi connectivity index (χ0) is 14.5. The van der Waals surface area contributed by atoms with E-state index in [9.17, 15) is 0 Å². The molecule has 0 amide bonds. The van der Waals surface area contributed by atoms with Crippen molar-refractivity contribution in [3.63, 3.8) is 0 Å². The highest BCUT2D eigenvalue weighted by atomic mass is 15.3. The second kappa shape index (κ2) is 6.71. The Labute approximate surface area is 121 Å². The number of aromatic nitrogens is 2. The molecule has 1 aromatic carbocycles. The van der Waals surface area contributed by atoms with Crippen molar-refractivity contribution < 1.29 is 0 Å². The van der Waals surface area contributed by atoms with E-state index in [0.29, 0.717) is 0 Å². The first-order valence-electron chi connectivity index (χ1n) is 7.42. The summed E-state index contributed by atoms with van der Waals surface area (Å²) in [5.41, 5.74) is 11.4. The standard InChI is InChI=1S/C17H25N3/c1-4-16-12-17(20(3)19-16)11-15(18)10-9-14-8-6-5-7-13(14)2/h5-8,12,15H,4,9-11,18H2,1-3H3. The Kier molecular flexibility index (Phi) is 4.96. The molecule has 0 spiro atoms. The van der Waals surface area contributed by atoms with Gasteiger partial charge >= 0.3 is 0 Å². The van der Waals surface area contributed by atoms with Gasteiger partial charge in [0.05, 0.1) is 5.69 Å². The molecule has 2 rings (SSSR count). The lowest BCUT2D eigenvalue weighted by Crippen LogP contribution is -2.24. The van der Waals surface area contributed by atoms with Gasteiger partial charge in [-0.05, 0) is 43.4 Å². The summed E-state index contributed by atoms with van der Waals surface area (Å²) >= 11 is 0. The van der Waals surface area contributed by atoms with Gasteiger partial charge in [-0.1, -0.05) is 31.2 Å². The molecule has 1 atom stereocenters. The second-order valence-corrected chi connectivity index (χ2v) is 5.53. The van der Waals surface area contributed by atoms with Crippen LogP contribution in [0.5, 0.6) is 0 Å². The first-order valence-corrected chi connectivity index (χ1v) is 7.42. The summed E-state index contributed by atoms with van der Waals surface area (Å²) in [5.74, 6) is 0. The lowest BCUT2D eigenvalue weighted by molar-refractivity contribution is 0.577. The minimum atomic E-state index is 0.190. The molecule has 0 saturated carbocycles. The molecule has 3 heteroatoms. The number of hydrogen-bond donors (Lipinski definition) is 1. The first-order chi connectivity index (χ1) is 9.60. The third-order valence-corrected chi connectivity index (χ3v) is 3.91. The predicted octanol–water partition coefficient (Wildman–Crippen LogP) is 2.79. The molecule has 1 heterocycles. The summed E-state index contributed by atoms with van der Waals surface area (Å²) in [6, 6.07) is 10.9. The van der Waals surface area contributed by atoms with Crippen LogP contribution in [-0.2, 0) is 26.3 Å². The normalized spacial score (nSPS) is 12.6. The van der Waals surface area contributed by atoms with Crippen LogP contribution in [0, 0.1) is 6.92 Å². The number of nitrogens with two attached hydrogens (primary N) is 1. The molecule has 108 valence electrons. The van der Waals surface area contributed by atoms with Gasteiger partial charge in [0.1, 0.15) is 0 Å². The summed E-state index contributed by atoms with van der Waals surface area (Å²) in [5, 5.41) is 4.48. The molecule has 0 radical (unpaired) electrons. The zero-order valence-electron chi connectivity index (χ0n) is 12.8. The quantitative estimate of drug-likeness (QED) is 0.878. The molecule has 2 N–H and O–H groups in total. The van der Waals surface area contributed by atoms with Crippen molar-refractivity contribution in [2.75, 3.05) is 0 Å². The Morgan fingerprint density at radius 1 is 1.30 bits per heavy atom. The van der Waals surface area contributed by atoms with Crippen LogP contribution in [0.3, 0.4) is 0 Å². The van der Waals surface area contributed by atoms with E-state index < -0.39 is 0 Å². The van der Waals surface area contributed by atoms with Crippen molar-refractivity contribution in [3.05, 3.63) is 52.8 Å². The molecule has 0 saturated heterocycles. The van der Waals surface area contributed by atoms with Crippen LogP contribution in [0.1, 0.15) is 35.9 Å². The summed E-state index contributed by atoms with van der Waals surface area (Å²) in [6.07, 6.45) is 3.94. The zero-order valence-corrected chi connectivity index (χ0v) is 12.8. The topological polar surface area (TPSA) is 43.8 Å².